The van der Waals surface area contributed by atoms with Crippen LogP contribution in [0.1, 0.15) is 66.2 Å². The predicted octanol–water partition coefficient (Wildman–Crippen LogP) is 3.35. The molecule has 1 saturated heterocycles. The van der Waals surface area contributed by atoms with E-state index in [0.29, 0.717) is 11.8 Å². The van der Waals surface area contributed by atoms with Crippen LogP contribution in [0.4, 0.5) is 0 Å². The number of carbonyl (C=O) groups excluding carboxylic acids is 2. The molecule has 2 heterocycles. The molecule has 11 atom stereocenters. The van der Waals surface area contributed by atoms with E-state index in [4.69, 9.17) is 9.47 Å². The van der Waals surface area contributed by atoms with Gasteiger partial charge in [0.05, 0.1) is 11.5 Å². The standard InChI is InChI=1S/C28H38O6/c1-14-11-21(33-25(32)15(14)2)16(3)18-5-6-20-17-12-24-28(34-24)23(31)8-7-22(30)26(28,4)19(17)9-10-27(18,20)13-29/h7-8,16-21,23-24,29,31H,5-6,9-13H2,1-4H3/t16-,17+,18+,19-,20-,21+,23-,24+,26-,27-,28+/m0/s1. The highest BCUT2D eigenvalue weighted by atomic mass is 16.6. The fourth-order valence-electron chi connectivity index (χ4n) is 9.59. The molecule has 186 valence electrons. The van der Waals surface area contributed by atoms with Gasteiger partial charge < -0.3 is 19.7 Å². The minimum Gasteiger partial charge on any atom is -0.458 e. The first-order valence-corrected chi connectivity index (χ1v) is 13.2. The summed E-state index contributed by atoms with van der Waals surface area (Å²) in [6.07, 6.45) is 7.57. The number of ether oxygens (including phenoxy) is 2. The third-order valence-corrected chi connectivity index (χ3v) is 11.6. The minimum absolute atomic E-state index is 0.0844. The highest BCUT2D eigenvalue weighted by molar-refractivity contribution is 5.98. The average Bonchev–Trinajstić information content (AvgIpc) is 3.43. The Balaban J connectivity index is 1.31. The lowest BCUT2D eigenvalue weighted by molar-refractivity contribution is -0.159. The third-order valence-electron chi connectivity index (χ3n) is 11.6. The Morgan fingerprint density at radius 1 is 1.18 bits per heavy atom. The number of hydrogen-bond acceptors (Lipinski definition) is 6. The van der Waals surface area contributed by atoms with Crippen molar-refractivity contribution in [1.29, 1.82) is 0 Å². The van der Waals surface area contributed by atoms with Crippen LogP contribution in [0.15, 0.2) is 23.3 Å². The number of hydrogen-bond donors (Lipinski definition) is 2. The van der Waals surface area contributed by atoms with E-state index in [9.17, 15) is 19.8 Å². The number of rotatable bonds is 3. The summed E-state index contributed by atoms with van der Waals surface area (Å²) in [6.45, 7) is 8.22. The maximum absolute atomic E-state index is 13.3. The lowest BCUT2D eigenvalue weighted by Crippen LogP contribution is -2.64. The molecule has 6 nitrogen and oxygen atoms in total. The monoisotopic (exact) mass is 470 g/mol. The topological polar surface area (TPSA) is 96.4 Å². The van der Waals surface area contributed by atoms with Gasteiger partial charge in [-0.05, 0) is 100 Å². The number of epoxide rings is 1. The van der Waals surface area contributed by atoms with E-state index >= 15 is 0 Å². The molecule has 0 aromatic heterocycles. The van der Waals surface area contributed by atoms with Gasteiger partial charge >= 0.3 is 5.97 Å². The van der Waals surface area contributed by atoms with Crippen LogP contribution in [0.2, 0.25) is 0 Å². The lowest BCUT2D eigenvalue weighted by Gasteiger charge is -2.58. The Hall–Kier alpha value is -1.50. The highest BCUT2D eigenvalue weighted by Crippen LogP contribution is 2.73. The van der Waals surface area contributed by atoms with E-state index in [1.807, 2.05) is 20.8 Å². The number of carbonyl (C=O) groups is 2. The number of aliphatic hydroxyl groups excluding tert-OH is 2. The Bertz CT molecular complexity index is 999. The zero-order valence-electron chi connectivity index (χ0n) is 20.8. The number of esters is 1. The van der Waals surface area contributed by atoms with E-state index in [2.05, 4.69) is 6.92 Å². The Morgan fingerprint density at radius 3 is 2.65 bits per heavy atom. The minimum atomic E-state index is -0.761. The van der Waals surface area contributed by atoms with Crippen molar-refractivity contribution in [2.75, 3.05) is 6.61 Å². The Morgan fingerprint density at radius 2 is 1.94 bits per heavy atom. The van der Waals surface area contributed by atoms with Gasteiger partial charge in [0.2, 0.25) is 0 Å². The van der Waals surface area contributed by atoms with Crippen LogP contribution in [-0.4, -0.2) is 52.5 Å². The lowest BCUT2D eigenvalue weighted by atomic mass is 9.44. The molecule has 0 aromatic carbocycles. The fourth-order valence-corrected chi connectivity index (χ4v) is 9.59. The summed E-state index contributed by atoms with van der Waals surface area (Å²) in [5, 5.41) is 21.7. The van der Waals surface area contributed by atoms with Crippen molar-refractivity contribution in [1.82, 2.24) is 0 Å². The number of allylic oxidation sites excluding steroid dienone is 1. The molecule has 0 bridgehead atoms. The SMILES string of the molecule is CC1=C(C)C(=O)O[C@@H]([C@@H](C)[C@H]2CC[C@H]3[C@@H]4C[C@H]5O[C@]56[C@@H](O)C=CC(=O)[C@]6(C)[C@H]4CC[C@]23CO)C1. The van der Waals surface area contributed by atoms with Gasteiger partial charge in [-0.2, -0.15) is 0 Å². The van der Waals surface area contributed by atoms with Crippen LogP contribution in [0.5, 0.6) is 0 Å². The van der Waals surface area contributed by atoms with Crippen LogP contribution in [0.3, 0.4) is 0 Å². The molecular formula is C28H38O6. The van der Waals surface area contributed by atoms with Crippen LogP contribution in [0, 0.1) is 40.4 Å². The molecule has 6 aliphatic rings. The van der Waals surface area contributed by atoms with E-state index in [0.717, 1.165) is 49.7 Å². The molecular weight excluding hydrogens is 432 g/mol. The molecule has 2 aliphatic heterocycles. The molecule has 6 rings (SSSR count). The smallest absolute Gasteiger partial charge is 0.333 e. The number of aliphatic hydroxyl groups is 2. The van der Waals surface area contributed by atoms with Crippen molar-refractivity contribution in [2.24, 2.45) is 40.4 Å². The number of fused-ring (bicyclic) bond motifs is 4. The highest BCUT2D eigenvalue weighted by Gasteiger charge is 2.80. The molecule has 1 spiro atoms. The van der Waals surface area contributed by atoms with Crippen molar-refractivity contribution in [2.45, 2.75) is 90.1 Å². The summed E-state index contributed by atoms with van der Waals surface area (Å²) in [5.74, 6) is 1.08. The van der Waals surface area contributed by atoms with E-state index in [1.165, 1.54) is 0 Å². The van der Waals surface area contributed by atoms with Crippen LogP contribution in [-0.2, 0) is 19.1 Å². The predicted molar refractivity (Wildman–Crippen MR) is 124 cm³/mol. The van der Waals surface area contributed by atoms with Crippen LogP contribution < -0.4 is 0 Å². The maximum Gasteiger partial charge on any atom is 0.333 e. The first kappa shape index (κ1) is 22.9. The molecule has 4 fully saturated rings. The van der Waals surface area contributed by atoms with E-state index < -0.39 is 17.1 Å². The molecule has 4 aliphatic carbocycles. The van der Waals surface area contributed by atoms with Gasteiger partial charge in [0.15, 0.2) is 5.78 Å². The maximum atomic E-state index is 13.3. The van der Waals surface area contributed by atoms with Gasteiger partial charge in [-0.1, -0.05) is 12.5 Å². The second kappa shape index (κ2) is 7.27. The van der Waals surface area contributed by atoms with Gasteiger partial charge in [-0.15, -0.1) is 0 Å². The van der Waals surface area contributed by atoms with Crippen molar-refractivity contribution in [3.05, 3.63) is 23.3 Å². The summed E-state index contributed by atoms with van der Waals surface area (Å²) in [7, 11) is 0. The van der Waals surface area contributed by atoms with E-state index in [1.54, 1.807) is 12.2 Å². The van der Waals surface area contributed by atoms with Crippen molar-refractivity contribution in [3.8, 4) is 0 Å². The van der Waals surface area contributed by atoms with Crippen molar-refractivity contribution >= 4 is 11.8 Å². The van der Waals surface area contributed by atoms with Gasteiger partial charge in [0.25, 0.3) is 0 Å². The molecule has 0 unspecified atom stereocenters. The Kier molecular flexibility index (Phi) is 4.90. The Labute approximate surface area is 201 Å². The molecule has 6 heteroatoms. The largest absolute Gasteiger partial charge is 0.458 e. The summed E-state index contributed by atoms with van der Waals surface area (Å²) in [6, 6.07) is 0. The average molecular weight is 471 g/mol. The molecule has 3 saturated carbocycles. The normalized spacial score (nSPS) is 52.4. The second-order valence-electron chi connectivity index (χ2n) is 12.4. The zero-order chi connectivity index (χ0) is 24.2. The number of cyclic esters (lactones) is 1. The van der Waals surface area contributed by atoms with Crippen molar-refractivity contribution < 1.29 is 29.3 Å². The quantitative estimate of drug-likeness (QED) is 0.485. The van der Waals surface area contributed by atoms with Gasteiger partial charge in [0.1, 0.15) is 17.8 Å². The summed E-state index contributed by atoms with van der Waals surface area (Å²) in [5.41, 5.74) is 0.145. The van der Waals surface area contributed by atoms with Gasteiger partial charge in [-0.25, -0.2) is 4.79 Å². The van der Waals surface area contributed by atoms with Gasteiger partial charge in [-0.3, -0.25) is 4.79 Å². The zero-order valence-corrected chi connectivity index (χ0v) is 20.8. The third kappa shape index (κ3) is 2.58. The molecule has 0 aromatic rings. The molecule has 34 heavy (non-hydrogen) atoms. The summed E-state index contributed by atoms with van der Waals surface area (Å²) in [4.78, 5) is 25.7. The molecule has 2 N–H and O–H groups in total. The second-order valence-corrected chi connectivity index (χ2v) is 12.4. The van der Waals surface area contributed by atoms with Crippen LogP contribution >= 0.6 is 0 Å². The van der Waals surface area contributed by atoms with Crippen molar-refractivity contribution in [3.63, 3.8) is 0 Å². The first-order chi connectivity index (χ1) is 16.1. The van der Waals surface area contributed by atoms with Crippen LogP contribution in [0.25, 0.3) is 0 Å². The summed E-state index contributed by atoms with van der Waals surface area (Å²) < 4.78 is 12.1. The molecule has 0 radical (unpaired) electrons. The fraction of sp³-hybridized carbons (Fsp3) is 0.786. The van der Waals surface area contributed by atoms with E-state index in [-0.39, 0.29) is 53.7 Å². The summed E-state index contributed by atoms with van der Waals surface area (Å²) >= 11 is 0. The first-order valence-electron chi connectivity index (χ1n) is 13.2. The van der Waals surface area contributed by atoms with Gasteiger partial charge in [0, 0.05) is 18.6 Å². The molecule has 0 amide bonds. The number of ketones is 1.